The fraction of sp³-hybridized carbons (Fsp3) is 0.500. The van der Waals surface area contributed by atoms with Crippen LogP contribution in [0.2, 0.25) is 0 Å². The quantitative estimate of drug-likeness (QED) is 0.789. The van der Waals surface area contributed by atoms with Crippen molar-refractivity contribution >= 4 is 5.97 Å². The molecule has 0 aliphatic heterocycles. The smallest absolute Gasteiger partial charge is 0.316 e. The van der Waals surface area contributed by atoms with Gasteiger partial charge in [0.25, 0.3) is 0 Å². The van der Waals surface area contributed by atoms with Gasteiger partial charge in [0.2, 0.25) is 5.56 Å². The van der Waals surface area contributed by atoms with Crippen LogP contribution < -0.4 is 5.56 Å². The second-order valence-electron chi connectivity index (χ2n) is 3.85. The zero-order valence-electron chi connectivity index (χ0n) is 9.87. The summed E-state index contributed by atoms with van der Waals surface area (Å²) in [6, 6.07) is 3.09. The number of esters is 1. The highest BCUT2D eigenvalue weighted by Gasteiger charge is 2.34. The highest BCUT2D eigenvalue weighted by Crippen LogP contribution is 2.27. The molecule has 1 aromatic heterocycles. The van der Waals surface area contributed by atoms with Crippen molar-refractivity contribution in [3.05, 3.63) is 34.2 Å². The van der Waals surface area contributed by atoms with Gasteiger partial charge in [0, 0.05) is 12.3 Å². The first-order chi connectivity index (χ1) is 7.54. The molecule has 0 saturated heterocycles. The van der Waals surface area contributed by atoms with Gasteiger partial charge in [-0.25, -0.2) is 0 Å². The molecule has 0 aliphatic carbocycles. The van der Waals surface area contributed by atoms with Gasteiger partial charge >= 0.3 is 5.97 Å². The van der Waals surface area contributed by atoms with Crippen LogP contribution in [0.3, 0.4) is 0 Å². The monoisotopic (exact) mass is 223 g/mol. The average molecular weight is 223 g/mol. The van der Waals surface area contributed by atoms with Crippen molar-refractivity contribution in [2.24, 2.45) is 0 Å². The van der Waals surface area contributed by atoms with Crippen molar-refractivity contribution < 1.29 is 9.53 Å². The van der Waals surface area contributed by atoms with E-state index in [1.807, 2.05) is 13.8 Å². The van der Waals surface area contributed by atoms with Crippen LogP contribution in [0.1, 0.15) is 32.8 Å². The molecule has 0 radical (unpaired) electrons. The molecule has 0 amide bonds. The van der Waals surface area contributed by atoms with Gasteiger partial charge < -0.3 is 9.72 Å². The molecule has 1 N–H and O–H groups in total. The molecule has 1 rings (SSSR count). The highest BCUT2D eigenvalue weighted by molar-refractivity contribution is 5.82. The number of hydrogen-bond donors (Lipinski definition) is 1. The van der Waals surface area contributed by atoms with Crippen molar-refractivity contribution in [3.63, 3.8) is 0 Å². The summed E-state index contributed by atoms with van der Waals surface area (Å²) in [6.07, 6.45) is 2.20. The number of ether oxygens (including phenoxy) is 1. The standard InChI is InChI=1S/C12H17NO3/c1-4-12(3,11(15)16-5-2)9-6-7-10(14)13-8-9/h6-8H,4-5H2,1-3H3,(H,13,14). The molecule has 88 valence electrons. The van der Waals surface area contributed by atoms with Crippen LogP contribution in [0.5, 0.6) is 0 Å². The van der Waals surface area contributed by atoms with E-state index in [0.717, 1.165) is 5.56 Å². The summed E-state index contributed by atoms with van der Waals surface area (Å²) in [6.45, 7) is 5.87. The minimum Gasteiger partial charge on any atom is -0.465 e. The third-order valence-electron chi connectivity index (χ3n) is 2.85. The summed E-state index contributed by atoms with van der Waals surface area (Å²) in [7, 11) is 0. The molecule has 1 unspecified atom stereocenters. The van der Waals surface area contributed by atoms with E-state index >= 15 is 0 Å². The SMILES string of the molecule is CCOC(=O)C(C)(CC)c1ccc(=O)[nH]c1. The molecule has 0 aromatic carbocycles. The van der Waals surface area contributed by atoms with E-state index in [0.29, 0.717) is 13.0 Å². The summed E-state index contributed by atoms with van der Waals surface area (Å²) in [5.41, 5.74) is -0.0978. The zero-order valence-corrected chi connectivity index (χ0v) is 9.87. The lowest BCUT2D eigenvalue weighted by molar-refractivity contribution is -0.149. The number of nitrogens with one attached hydrogen (secondary N) is 1. The number of pyridine rings is 1. The summed E-state index contributed by atoms with van der Waals surface area (Å²) < 4.78 is 5.05. The maximum atomic E-state index is 11.9. The molecule has 4 heteroatoms. The molecule has 0 aliphatic rings. The molecule has 0 spiro atoms. The lowest BCUT2D eigenvalue weighted by atomic mass is 9.81. The summed E-state index contributed by atoms with van der Waals surface area (Å²) in [5.74, 6) is -0.260. The van der Waals surface area contributed by atoms with E-state index in [-0.39, 0.29) is 11.5 Å². The molecule has 1 aromatic rings. The third kappa shape index (κ3) is 2.32. The predicted octanol–water partition coefficient (Wildman–Crippen LogP) is 1.61. The van der Waals surface area contributed by atoms with Gasteiger partial charge in [0.1, 0.15) is 0 Å². The van der Waals surface area contributed by atoms with Gasteiger partial charge in [-0.15, -0.1) is 0 Å². The highest BCUT2D eigenvalue weighted by atomic mass is 16.5. The van der Waals surface area contributed by atoms with E-state index in [1.54, 1.807) is 19.2 Å². The Labute approximate surface area is 94.6 Å². The topological polar surface area (TPSA) is 59.2 Å². The molecular formula is C12H17NO3. The molecule has 0 saturated carbocycles. The number of hydrogen-bond acceptors (Lipinski definition) is 3. The molecular weight excluding hydrogens is 206 g/mol. The van der Waals surface area contributed by atoms with Crippen molar-refractivity contribution in [2.75, 3.05) is 6.61 Å². The summed E-state index contributed by atoms with van der Waals surface area (Å²) in [4.78, 5) is 25.4. The van der Waals surface area contributed by atoms with Gasteiger partial charge in [0.15, 0.2) is 0 Å². The minimum absolute atomic E-state index is 0.175. The number of H-pyrrole nitrogens is 1. The van der Waals surface area contributed by atoms with Gasteiger partial charge in [-0.05, 0) is 25.8 Å². The van der Waals surface area contributed by atoms with Gasteiger partial charge in [0.05, 0.1) is 12.0 Å². The van der Waals surface area contributed by atoms with Crippen LogP contribution in [0.25, 0.3) is 0 Å². The Bertz CT molecular complexity index is 404. The average Bonchev–Trinajstić information content (AvgIpc) is 2.29. The second-order valence-corrected chi connectivity index (χ2v) is 3.85. The summed E-state index contributed by atoms with van der Waals surface area (Å²) >= 11 is 0. The van der Waals surface area contributed by atoms with Crippen molar-refractivity contribution in [1.29, 1.82) is 0 Å². The van der Waals surface area contributed by atoms with Gasteiger partial charge in [-0.2, -0.15) is 0 Å². The molecule has 0 fully saturated rings. The maximum absolute atomic E-state index is 11.9. The molecule has 1 heterocycles. The fourth-order valence-corrected chi connectivity index (χ4v) is 1.51. The van der Waals surface area contributed by atoms with Crippen LogP contribution in [0.4, 0.5) is 0 Å². The lowest BCUT2D eigenvalue weighted by Crippen LogP contribution is -2.34. The maximum Gasteiger partial charge on any atom is 0.316 e. The minimum atomic E-state index is -0.694. The van der Waals surface area contributed by atoms with Crippen LogP contribution in [0, 0.1) is 0 Å². The number of carbonyl (C=O) groups excluding carboxylic acids is 1. The molecule has 0 bridgehead atoms. The second kappa shape index (κ2) is 4.96. The van der Waals surface area contributed by atoms with E-state index < -0.39 is 5.41 Å². The first-order valence-corrected chi connectivity index (χ1v) is 5.41. The Hall–Kier alpha value is -1.58. The Morgan fingerprint density at radius 3 is 2.56 bits per heavy atom. The van der Waals surface area contributed by atoms with Gasteiger partial charge in [-0.1, -0.05) is 13.0 Å². The lowest BCUT2D eigenvalue weighted by Gasteiger charge is -2.25. The Balaban J connectivity index is 3.08. The van der Waals surface area contributed by atoms with Crippen LogP contribution >= 0.6 is 0 Å². The van der Waals surface area contributed by atoms with Crippen LogP contribution in [0.15, 0.2) is 23.1 Å². The Morgan fingerprint density at radius 1 is 1.44 bits per heavy atom. The van der Waals surface area contributed by atoms with Crippen molar-refractivity contribution in [3.8, 4) is 0 Å². The van der Waals surface area contributed by atoms with Crippen LogP contribution in [-0.2, 0) is 14.9 Å². The summed E-state index contributed by atoms with van der Waals surface area (Å²) in [5, 5.41) is 0. The first-order valence-electron chi connectivity index (χ1n) is 5.41. The third-order valence-corrected chi connectivity index (χ3v) is 2.85. The fourth-order valence-electron chi connectivity index (χ4n) is 1.51. The van der Waals surface area contributed by atoms with Gasteiger partial charge in [-0.3, -0.25) is 9.59 Å². The van der Waals surface area contributed by atoms with Crippen molar-refractivity contribution in [1.82, 2.24) is 4.98 Å². The van der Waals surface area contributed by atoms with Crippen molar-refractivity contribution in [2.45, 2.75) is 32.6 Å². The Kier molecular flexibility index (Phi) is 3.88. The number of aromatic amines is 1. The van der Waals surface area contributed by atoms with E-state index in [2.05, 4.69) is 4.98 Å². The molecule has 1 atom stereocenters. The van der Waals surface area contributed by atoms with E-state index in [9.17, 15) is 9.59 Å². The van der Waals surface area contributed by atoms with E-state index in [1.165, 1.54) is 6.07 Å². The largest absolute Gasteiger partial charge is 0.465 e. The predicted molar refractivity (Wildman–Crippen MR) is 61.3 cm³/mol. The first kappa shape index (κ1) is 12.5. The zero-order chi connectivity index (χ0) is 12.2. The Morgan fingerprint density at radius 2 is 2.12 bits per heavy atom. The number of rotatable bonds is 4. The van der Waals surface area contributed by atoms with E-state index in [4.69, 9.17) is 4.74 Å². The normalized spacial score (nSPS) is 14.2. The number of aromatic nitrogens is 1. The number of carbonyl (C=O) groups is 1. The van der Waals surface area contributed by atoms with Crippen LogP contribution in [-0.4, -0.2) is 17.6 Å². The molecule has 16 heavy (non-hydrogen) atoms. The molecule has 4 nitrogen and oxygen atoms in total.